The van der Waals surface area contributed by atoms with Crippen molar-refractivity contribution in [3.8, 4) is 0 Å². The van der Waals surface area contributed by atoms with Gasteiger partial charge in [0, 0.05) is 7.11 Å². The summed E-state index contributed by atoms with van der Waals surface area (Å²) in [5, 5.41) is 8.61. The second-order valence-corrected chi connectivity index (χ2v) is 4.19. The molecule has 0 bridgehead atoms. The number of carboxylic acids is 1. The molecule has 0 aliphatic heterocycles. The summed E-state index contributed by atoms with van der Waals surface area (Å²) in [4.78, 5) is 10.5. The van der Waals surface area contributed by atoms with Crippen LogP contribution in [0, 0.1) is 0 Å². The third kappa shape index (κ3) is 4.62. The number of carbonyl (C=O) groups is 1. The zero-order valence-corrected chi connectivity index (χ0v) is 9.44. The fourth-order valence-electron chi connectivity index (χ4n) is 2.06. The Hall–Kier alpha value is -0.610. The van der Waals surface area contributed by atoms with Crippen molar-refractivity contribution in [2.75, 3.05) is 7.11 Å². The molecule has 1 aliphatic carbocycles. The van der Waals surface area contributed by atoms with E-state index in [1.807, 2.05) is 6.92 Å². The van der Waals surface area contributed by atoms with Crippen molar-refractivity contribution in [3.63, 3.8) is 0 Å². The van der Waals surface area contributed by atoms with Gasteiger partial charge in [-0.1, -0.05) is 0 Å². The number of hydrogen-bond donors (Lipinski definition) is 1. The molecular weight excluding hydrogens is 196 g/mol. The normalized spacial score (nSPS) is 28.7. The fourth-order valence-corrected chi connectivity index (χ4v) is 2.06. The Morgan fingerprint density at radius 3 is 2.73 bits per heavy atom. The van der Waals surface area contributed by atoms with Gasteiger partial charge in [0.1, 0.15) is 0 Å². The topological polar surface area (TPSA) is 55.8 Å². The summed E-state index contributed by atoms with van der Waals surface area (Å²) < 4.78 is 11.0. The maximum atomic E-state index is 10.5. The highest BCUT2D eigenvalue weighted by molar-refractivity contribution is 5.67. The minimum atomic E-state index is -0.804. The highest BCUT2D eigenvalue weighted by Crippen LogP contribution is 2.24. The minimum Gasteiger partial charge on any atom is -0.481 e. The van der Waals surface area contributed by atoms with Crippen molar-refractivity contribution >= 4 is 5.97 Å². The van der Waals surface area contributed by atoms with Gasteiger partial charge in [-0.2, -0.15) is 0 Å². The number of methoxy groups -OCH3 is 1. The van der Waals surface area contributed by atoms with E-state index in [-0.39, 0.29) is 24.7 Å². The third-order valence-corrected chi connectivity index (χ3v) is 2.80. The SMILES string of the molecule is COC1CCCC(O[C@@H](C)CC(=O)O)C1. The van der Waals surface area contributed by atoms with Crippen molar-refractivity contribution < 1.29 is 19.4 Å². The first-order valence-electron chi connectivity index (χ1n) is 5.52. The lowest BCUT2D eigenvalue weighted by Crippen LogP contribution is -2.30. The van der Waals surface area contributed by atoms with Crippen LogP contribution in [-0.2, 0) is 14.3 Å². The lowest BCUT2D eigenvalue weighted by Gasteiger charge is -2.30. The maximum absolute atomic E-state index is 10.5. The number of rotatable bonds is 5. The highest BCUT2D eigenvalue weighted by Gasteiger charge is 2.24. The molecule has 0 aromatic rings. The lowest BCUT2D eigenvalue weighted by atomic mass is 9.94. The molecular formula is C11H20O4. The van der Waals surface area contributed by atoms with Crippen molar-refractivity contribution in [1.82, 2.24) is 0 Å². The van der Waals surface area contributed by atoms with Crippen LogP contribution in [-0.4, -0.2) is 36.5 Å². The van der Waals surface area contributed by atoms with Crippen LogP contribution in [0.4, 0.5) is 0 Å². The van der Waals surface area contributed by atoms with Crippen molar-refractivity contribution in [2.45, 2.75) is 57.3 Å². The van der Waals surface area contributed by atoms with Crippen LogP contribution in [0.1, 0.15) is 39.0 Å². The summed E-state index contributed by atoms with van der Waals surface area (Å²) in [6, 6.07) is 0. The molecule has 4 nitrogen and oxygen atoms in total. The van der Waals surface area contributed by atoms with Gasteiger partial charge in [-0.05, 0) is 32.6 Å². The van der Waals surface area contributed by atoms with Gasteiger partial charge in [-0.15, -0.1) is 0 Å². The molecule has 88 valence electrons. The highest BCUT2D eigenvalue weighted by atomic mass is 16.5. The van der Waals surface area contributed by atoms with Crippen molar-refractivity contribution in [3.05, 3.63) is 0 Å². The van der Waals surface area contributed by atoms with Crippen LogP contribution in [0.5, 0.6) is 0 Å². The largest absolute Gasteiger partial charge is 0.481 e. The molecule has 4 heteroatoms. The minimum absolute atomic E-state index is 0.0775. The quantitative estimate of drug-likeness (QED) is 0.761. The molecule has 1 aliphatic rings. The van der Waals surface area contributed by atoms with E-state index >= 15 is 0 Å². The first-order chi connectivity index (χ1) is 7.11. The molecule has 0 saturated heterocycles. The van der Waals surface area contributed by atoms with Crippen LogP contribution in [0.2, 0.25) is 0 Å². The molecule has 0 spiro atoms. The van der Waals surface area contributed by atoms with Crippen LogP contribution < -0.4 is 0 Å². The van der Waals surface area contributed by atoms with E-state index in [2.05, 4.69) is 0 Å². The van der Waals surface area contributed by atoms with E-state index in [0.29, 0.717) is 0 Å². The second kappa shape index (κ2) is 6.08. The van der Waals surface area contributed by atoms with Crippen molar-refractivity contribution in [1.29, 1.82) is 0 Å². The molecule has 2 unspecified atom stereocenters. The van der Waals surface area contributed by atoms with Crippen LogP contribution >= 0.6 is 0 Å². The van der Waals surface area contributed by atoms with E-state index in [9.17, 15) is 4.79 Å². The Bertz CT molecular complexity index is 205. The van der Waals surface area contributed by atoms with E-state index < -0.39 is 5.97 Å². The maximum Gasteiger partial charge on any atom is 0.305 e. The average molecular weight is 216 g/mol. The first-order valence-corrected chi connectivity index (χ1v) is 5.52. The molecule has 1 N–H and O–H groups in total. The van der Waals surface area contributed by atoms with Crippen LogP contribution in [0.3, 0.4) is 0 Å². The third-order valence-electron chi connectivity index (χ3n) is 2.80. The Labute approximate surface area is 90.6 Å². The van der Waals surface area contributed by atoms with Gasteiger partial charge < -0.3 is 14.6 Å². The Morgan fingerprint density at radius 1 is 1.47 bits per heavy atom. The number of carboxylic acid groups (broad SMARTS) is 1. The zero-order valence-electron chi connectivity index (χ0n) is 9.44. The first kappa shape index (κ1) is 12.5. The number of aliphatic carboxylic acids is 1. The lowest BCUT2D eigenvalue weighted by molar-refractivity contribution is -0.141. The summed E-state index contributed by atoms with van der Waals surface area (Å²) in [6.07, 6.45) is 4.41. The molecule has 0 aromatic heterocycles. The standard InChI is InChI=1S/C11H20O4/c1-8(6-11(12)13)15-10-5-3-4-9(7-10)14-2/h8-10H,3-7H2,1-2H3,(H,12,13)/t8-,9?,10?/m0/s1. The monoisotopic (exact) mass is 216 g/mol. The Kier molecular flexibility index (Phi) is 5.05. The number of hydrogen-bond acceptors (Lipinski definition) is 3. The van der Waals surface area contributed by atoms with Gasteiger partial charge in [0.25, 0.3) is 0 Å². The summed E-state index contributed by atoms with van der Waals surface area (Å²) in [7, 11) is 1.72. The van der Waals surface area contributed by atoms with Gasteiger partial charge in [0.05, 0.1) is 24.7 Å². The molecule has 0 amide bonds. The van der Waals surface area contributed by atoms with Gasteiger partial charge in [0.15, 0.2) is 0 Å². The molecule has 3 atom stereocenters. The molecule has 0 aromatic carbocycles. The van der Waals surface area contributed by atoms with E-state index in [1.54, 1.807) is 7.11 Å². The van der Waals surface area contributed by atoms with Gasteiger partial charge in [-0.3, -0.25) is 4.79 Å². The molecule has 1 saturated carbocycles. The predicted octanol–water partition coefficient (Wildman–Crippen LogP) is 1.82. The summed E-state index contributed by atoms with van der Waals surface area (Å²) in [6.45, 7) is 1.81. The fraction of sp³-hybridized carbons (Fsp3) is 0.909. The van der Waals surface area contributed by atoms with E-state index in [4.69, 9.17) is 14.6 Å². The van der Waals surface area contributed by atoms with Crippen molar-refractivity contribution in [2.24, 2.45) is 0 Å². The summed E-state index contributed by atoms with van der Waals surface area (Å²) in [5.41, 5.74) is 0. The molecule has 1 fully saturated rings. The molecule has 1 rings (SSSR count). The molecule has 15 heavy (non-hydrogen) atoms. The Balaban J connectivity index is 2.27. The molecule has 0 heterocycles. The van der Waals surface area contributed by atoms with Crippen LogP contribution in [0.25, 0.3) is 0 Å². The Morgan fingerprint density at radius 2 is 2.13 bits per heavy atom. The number of ether oxygens (including phenoxy) is 2. The second-order valence-electron chi connectivity index (χ2n) is 4.19. The molecule has 0 radical (unpaired) electrons. The van der Waals surface area contributed by atoms with E-state index in [0.717, 1.165) is 25.7 Å². The summed E-state index contributed by atoms with van der Waals surface area (Å²) in [5.74, 6) is -0.804. The van der Waals surface area contributed by atoms with E-state index in [1.165, 1.54) is 0 Å². The summed E-state index contributed by atoms with van der Waals surface area (Å²) >= 11 is 0. The van der Waals surface area contributed by atoms with Gasteiger partial charge >= 0.3 is 5.97 Å². The van der Waals surface area contributed by atoms with Gasteiger partial charge in [-0.25, -0.2) is 0 Å². The average Bonchev–Trinajstić information content (AvgIpc) is 2.16. The smallest absolute Gasteiger partial charge is 0.305 e. The predicted molar refractivity (Wildman–Crippen MR) is 55.9 cm³/mol. The van der Waals surface area contributed by atoms with Crippen LogP contribution in [0.15, 0.2) is 0 Å². The zero-order chi connectivity index (χ0) is 11.3. The van der Waals surface area contributed by atoms with Gasteiger partial charge in [0.2, 0.25) is 0 Å².